The van der Waals surface area contributed by atoms with Crippen molar-refractivity contribution in [3.63, 3.8) is 0 Å². The minimum atomic E-state index is 0.208. The van der Waals surface area contributed by atoms with E-state index in [4.69, 9.17) is 0 Å². The summed E-state index contributed by atoms with van der Waals surface area (Å²) in [4.78, 5) is 0. The monoisotopic (exact) mass is 155 g/mol. The predicted octanol–water partition coefficient (Wildman–Crippen LogP) is 2.45. The van der Waals surface area contributed by atoms with Gasteiger partial charge in [0.1, 0.15) is 0 Å². The largest absolute Gasteiger partial charge is 0.0657 e. The lowest BCUT2D eigenvalue weighted by atomic mass is 10.6. The van der Waals surface area contributed by atoms with Crippen LogP contribution < -0.4 is 0 Å². The van der Waals surface area contributed by atoms with E-state index in [9.17, 15) is 0 Å². The van der Waals surface area contributed by atoms with Crippen molar-refractivity contribution in [2.75, 3.05) is 0 Å². The maximum absolute atomic E-state index is 2.33. The molecular weight excluding hydrogens is 140 g/mol. The molecule has 0 atom stereocenters. The van der Waals surface area contributed by atoms with Crippen LogP contribution in [0.15, 0.2) is 0 Å². The van der Waals surface area contributed by atoms with Gasteiger partial charge in [-0.2, -0.15) is 0 Å². The maximum Gasteiger partial charge on any atom is 0.0472 e. The fourth-order valence-electron chi connectivity index (χ4n) is 1.38. The Morgan fingerprint density at radius 1 is 1.33 bits per heavy atom. The molecule has 0 aromatic heterocycles. The van der Waals surface area contributed by atoms with Gasteiger partial charge >= 0.3 is 0 Å². The lowest BCUT2D eigenvalue weighted by Gasteiger charge is -2.17. The first kappa shape index (κ1) is 7.54. The molecule has 0 aromatic carbocycles. The molecule has 0 spiro atoms. The number of rotatable bonds is 2. The van der Waals surface area contributed by atoms with Gasteiger partial charge in [0.25, 0.3) is 0 Å². The van der Waals surface area contributed by atoms with Crippen LogP contribution in [-0.4, -0.2) is 18.3 Å². The van der Waals surface area contributed by atoms with Crippen LogP contribution in [0.25, 0.3) is 0 Å². The Balaban J connectivity index is 2.08. The molecular formula is C7H15Si2. The van der Waals surface area contributed by atoms with Gasteiger partial charge in [-0.25, -0.2) is 0 Å². The lowest BCUT2D eigenvalue weighted by molar-refractivity contribution is 1.03. The summed E-state index contributed by atoms with van der Waals surface area (Å²) in [6, 6.07) is 8.02. The van der Waals surface area contributed by atoms with Crippen molar-refractivity contribution in [2.45, 2.75) is 43.6 Å². The van der Waals surface area contributed by atoms with Crippen molar-refractivity contribution >= 4 is 18.3 Å². The summed E-state index contributed by atoms with van der Waals surface area (Å²) in [6.07, 6.45) is 1.44. The van der Waals surface area contributed by atoms with E-state index < -0.39 is 0 Å². The van der Waals surface area contributed by atoms with E-state index in [1.807, 2.05) is 0 Å². The van der Waals surface area contributed by atoms with Crippen LogP contribution in [0.1, 0.15) is 13.3 Å². The Labute approximate surface area is 62.5 Å². The van der Waals surface area contributed by atoms with E-state index in [2.05, 4.69) is 6.92 Å². The van der Waals surface area contributed by atoms with Crippen LogP contribution in [0.3, 0.4) is 0 Å². The third-order valence-electron chi connectivity index (χ3n) is 1.91. The van der Waals surface area contributed by atoms with Gasteiger partial charge in [-0.15, -0.1) is 0 Å². The molecule has 51 valence electrons. The van der Waals surface area contributed by atoms with E-state index >= 15 is 0 Å². The van der Waals surface area contributed by atoms with E-state index in [1.54, 1.807) is 30.2 Å². The molecule has 9 heavy (non-hydrogen) atoms. The molecule has 2 heteroatoms. The SMILES string of the molecule is CCC[Si]1CC[Si]CC1. The van der Waals surface area contributed by atoms with Gasteiger partial charge in [-0.3, -0.25) is 0 Å². The molecule has 1 rings (SSSR count). The van der Waals surface area contributed by atoms with Crippen LogP contribution in [-0.2, 0) is 0 Å². The summed E-state index contributed by atoms with van der Waals surface area (Å²) in [6.45, 7) is 2.33. The minimum absolute atomic E-state index is 0.208. The summed E-state index contributed by atoms with van der Waals surface area (Å²) < 4.78 is 0. The molecule has 1 saturated heterocycles. The van der Waals surface area contributed by atoms with Gasteiger partial charge < -0.3 is 0 Å². The highest BCUT2D eigenvalue weighted by Gasteiger charge is 2.13. The highest BCUT2D eigenvalue weighted by atomic mass is 28.3. The van der Waals surface area contributed by atoms with Gasteiger partial charge in [0.15, 0.2) is 0 Å². The molecule has 1 aliphatic heterocycles. The second-order valence-corrected chi connectivity index (χ2v) is 7.25. The van der Waals surface area contributed by atoms with Gasteiger partial charge in [-0.05, 0) is 0 Å². The van der Waals surface area contributed by atoms with Crippen molar-refractivity contribution in [2.24, 2.45) is 0 Å². The molecule has 0 amide bonds. The van der Waals surface area contributed by atoms with Crippen molar-refractivity contribution in [3.05, 3.63) is 0 Å². The number of hydrogen-bond acceptors (Lipinski definition) is 0. The van der Waals surface area contributed by atoms with E-state index in [0.29, 0.717) is 0 Å². The average molecular weight is 155 g/mol. The highest BCUT2D eigenvalue weighted by molar-refractivity contribution is 6.63. The molecule has 1 heterocycles. The quantitative estimate of drug-likeness (QED) is 0.537. The molecule has 0 aliphatic carbocycles. The summed E-state index contributed by atoms with van der Waals surface area (Å²) in [5, 5.41) is 0. The predicted molar refractivity (Wildman–Crippen MR) is 45.8 cm³/mol. The molecule has 1 aliphatic rings. The van der Waals surface area contributed by atoms with Gasteiger partial charge in [0.2, 0.25) is 0 Å². The molecule has 0 bridgehead atoms. The second-order valence-electron chi connectivity index (χ2n) is 2.75. The lowest BCUT2D eigenvalue weighted by Crippen LogP contribution is -2.17. The second kappa shape index (κ2) is 4.28. The normalized spacial score (nSPS) is 22.3. The molecule has 0 unspecified atom stereocenters. The topological polar surface area (TPSA) is 0 Å². The standard InChI is InChI=1S/C7H15Si2/c1-2-5-9-6-3-8-4-7-9/h2-7H2,1H3. The van der Waals surface area contributed by atoms with Crippen molar-refractivity contribution in [1.29, 1.82) is 0 Å². The van der Waals surface area contributed by atoms with Crippen molar-refractivity contribution in [1.82, 2.24) is 0 Å². The maximum atomic E-state index is 2.33. The smallest absolute Gasteiger partial charge is 0.0472 e. The Hall–Kier alpha value is 0.434. The average Bonchev–Trinajstić information content (AvgIpc) is 1.91. The van der Waals surface area contributed by atoms with Crippen molar-refractivity contribution in [3.8, 4) is 0 Å². The third-order valence-corrected chi connectivity index (χ3v) is 7.24. The molecule has 0 N–H and O–H groups in total. The summed E-state index contributed by atoms with van der Waals surface area (Å²) in [7, 11) is 1.53. The van der Waals surface area contributed by atoms with E-state index in [-0.39, 0.29) is 8.80 Å². The molecule has 0 aromatic rings. The van der Waals surface area contributed by atoms with Gasteiger partial charge in [-0.1, -0.05) is 43.6 Å². The summed E-state index contributed by atoms with van der Waals surface area (Å²) in [5.41, 5.74) is 0. The molecule has 0 nitrogen and oxygen atoms in total. The fraction of sp³-hybridized carbons (Fsp3) is 1.00. The summed E-state index contributed by atoms with van der Waals surface area (Å²) >= 11 is 0. The first-order valence-corrected chi connectivity index (χ1v) is 7.51. The van der Waals surface area contributed by atoms with Gasteiger partial charge in [0.05, 0.1) is 0 Å². The van der Waals surface area contributed by atoms with E-state index in [0.717, 1.165) is 0 Å². The Morgan fingerprint density at radius 2 is 2.00 bits per heavy atom. The zero-order valence-corrected chi connectivity index (χ0v) is 8.24. The van der Waals surface area contributed by atoms with Crippen LogP contribution in [0.4, 0.5) is 0 Å². The van der Waals surface area contributed by atoms with Crippen LogP contribution in [0.2, 0.25) is 30.2 Å². The van der Waals surface area contributed by atoms with Crippen LogP contribution >= 0.6 is 0 Å². The Morgan fingerprint density at radius 3 is 2.56 bits per heavy atom. The first-order valence-electron chi connectivity index (χ1n) is 3.97. The molecule has 0 saturated carbocycles. The number of hydrogen-bond donors (Lipinski definition) is 0. The summed E-state index contributed by atoms with van der Waals surface area (Å²) in [5.74, 6) is 0. The molecule has 1 fully saturated rings. The molecule has 3 radical (unpaired) electrons. The zero-order valence-electron chi connectivity index (χ0n) is 6.24. The Bertz CT molecular complexity index is 64.6. The first-order chi connectivity index (χ1) is 4.43. The highest BCUT2D eigenvalue weighted by Crippen LogP contribution is 2.18. The zero-order chi connectivity index (χ0) is 6.53. The van der Waals surface area contributed by atoms with Crippen LogP contribution in [0.5, 0.6) is 0 Å². The van der Waals surface area contributed by atoms with E-state index in [1.165, 1.54) is 15.9 Å². The van der Waals surface area contributed by atoms with Gasteiger partial charge in [0, 0.05) is 18.3 Å². The fourth-order valence-corrected chi connectivity index (χ4v) is 7.33. The third kappa shape index (κ3) is 2.67. The van der Waals surface area contributed by atoms with Crippen molar-refractivity contribution < 1.29 is 0 Å². The van der Waals surface area contributed by atoms with Crippen LogP contribution in [0, 0.1) is 0 Å². The minimum Gasteiger partial charge on any atom is -0.0657 e. The Kier molecular flexibility index (Phi) is 3.59.